The van der Waals surface area contributed by atoms with Crippen molar-refractivity contribution in [2.75, 3.05) is 20.2 Å². The molecule has 1 aromatic rings. The number of nitrogens with one attached hydrogen (secondary N) is 1. The van der Waals surface area contributed by atoms with E-state index < -0.39 is 0 Å². The van der Waals surface area contributed by atoms with Gasteiger partial charge in [0.2, 0.25) is 0 Å². The molecule has 3 nitrogen and oxygen atoms in total. The average Bonchev–Trinajstić information content (AvgIpc) is 3.15. The van der Waals surface area contributed by atoms with Crippen molar-refractivity contribution in [3.63, 3.8) is 0 Å². The zero-order valence-corrected chi connectivity index (χ0v) is 10.7. The quantitative estimate of drug-likeness (QED) is 0.828. The Morgan fingerprint density at radius 2 is 2.06 bits per heavy atom. The van der Waals surface area contributed by atoms with Crippen molar-refractivity contribution in [1.82, 2.24) is 5.32 Å². The van der Waals surface area contributed by atoms with Gasteiger partial charge in [-0.15, -0.1) is 0 Å². The van der Waals surface area contributed by atoms with Crippen molar-refractivity contribution in [3.05, 3.63) is 35.4 Å². The van der Waals surface area contributed by atoms with Gasteiger partial charge >= 0.3 is 5.97 Å². The highest BCUT2D eigenvalue weighted by Crippen LogP contribution is 2.41. The minimum absolute atomic E-state index is 0.0375. The molecule has 3 rings (SSSR count). The maximum atomic E-state index is 11.8. The molecule has 1 aliphatic carbocycles. The van der Waals surface area contributed by atoms with Gasteiger partial charge in [0.25, 0.3) is 0 Å². The van der Waals surface area contributed by atoms with Crippen molar-refractivity contribution in [2.45, 2.75) is 24.7 Å². The summed E-state index contributed by atoms with van der Waals surface area (Å²) < 4.78 is 4.90. The van der Waals surface area contributed by atoms with Gasteiger partial charge in [-0.05, 0) is 29.9 Å². The fourth-order valence-corrected chi connectivity index (χ4v) is 2.89. The standard InChI is InChI=1S/C15H19NO2/c1-18-15(17)14-9-16-8-13(14)12-4-2-3-11(7-12)10-5-6-10/h2-4,7,10,13-14,16H,5-6,8-9H2,1H3. The van der Waals surface area contributed by atoms with E-state index in [1.54, 1.807) is 0 Å². The van der Waals surface area contributed by atoms with Crippen LogP contribution in [0.1, 0.15) is 35.8 Å². The maximum Gasteiger partial charge on any atom is 0.310 e. The second-order valence-corrected chi connectivity index (χ2v) is 5.34. The molecule has 2 aliphatic rings. The Balaban J connectivity index is 1.84. The minimum atomic E-state index is -0.0955. The van der Waals surface area contributed by atoms with Gasteiger partial charge in [0.1, 0.15) is 0 Å². The molecule has 0 bridgehead atoms. The van der Waals surface area contributed by atoms with E-state index in [0.29, 0.717) is 0 Å². The first-order valence-corrected chi connectivity index (χ1v) is 6.68. The van der Waals surface area contributed by atoms with Crippen LogP contribution < -0.4 is 5.32 Å². The third-order valence-corrected chi connectivity index (χ3v) is 4.11. The predicted molar refractivity (Wildman–Crippen MR) is 69.5 cm³/mol. The highest BCUT2D eigenvalue weighted by atomic mass is 16.5. The molecule has 2 unspecified atom stereocenters. The van der Waals surface area contributed by atoms with Crippen LogP contribution in [0.5, 0.6) is 0 Å². The van der Waals surface area contributed by atoms with Gasteiger partial charge in [-0.25, -0.2) is 0 Å². The van der Waals surface area contributed by atoms with Crippen LogP contribution in [0.25, 0.3) is 0 Å². The van der Waals surface area contributed by atoms with Gasteiger partial charge in [-0.3, -0.25) is 4.79 Å². The first-order chi connectivity index (χ1) is 8.79. The SMILES string of the molecule is COC(=O)C1CNCC1c1cccc(C2CC2)c1. The molecule has 18 heavy (non-hydrogen) atoms. The van der Waals surface area contributed by atoms with E-state index in [9.17, 15) is 4.79 Å². The lowest BCUT2D eigenvalue weighted by molar-refractivity contribution is -0.145. The van der Waals surface area contributed by atoms with Gasteiger partial charge in [0, 0.05) is 19.0 Å². The molecule has 1 saturated carbocycles. The van der Waals surface area contributed by atoms with Crippen LogP contribution in [0.3, 0.4) is 0 Å². The summed E-state index contributed by atoms with van der Waals surface area (Å²) in [5, 5.41) is 3.30. The maximum absolute atomic E-state index is 11.8. The summed E-state index contributed by atoms with van der Waals surface area (Å²) in [5.74, 6) is 0.887. The zero-order chi connectivity index (χ0) is 12.5. The Hall–Kier alpha value is -1.35. The average molecular weight is 245 g/mol. The molecular formula is C15H19NO2. The molecule has 1 saturated heterocycles. The number of methoxy groups -OCH3 is 1. The Bertz CT molecular complexity index is 454. The van der Waals surface area contributed by atoms with Crippen molar-refractivity contribution in [1.29, 1.82) is 0 Å². The number of hydrogen-bond donors (Lipinski definition) is 1. The van der Waals surface area contributed by atoms with Crippen molar-refractivity contribution in [3.8, 4) is 0 Å². The number of esters is 1. The zero-order valence-electron chi connectivity index (χ0n) is 10.7. The molecule has 1 heterocycles. The molecule has 2 fully saturated rings. The van der Waals surface area contributed by atoms with E-state index in [2.05, 4.69) is 29.6 Å². The van der Waals surface area contributed by atoms with Crippen molar-refractivity contribution < 1.29 is 9.53 Å². The molecule has 96 valence electrons. The lowest BCUT2D eigenvalue weighted by Crippen LogP contribution is -2.23. The molecular weight excluding hydrogens is 226 g/mol. The van der Waals surface area contributed by atoms with E-state index in [0.717, 1.165) is 19.0 Å². The summed E-state index contributed by atoms with van der Waals surface area (Å²) in [4.78, 5) is 11.8. The fraction of sp³-hybridized carbons (Fsp3) is 0.533. The lowest BCUT2D eigenvalue weighted by Gasteiger charge is -2.17. The van der Waals surface area contributed by atoms with Crippen LogP contribution in [-0.2, 0) is 9.53 Å². The second-order valence-electron chi connectivity index (χ2n) is 5.34. The van der Waals surface area contributed by atoms with Crippen LogP contribution in [0.4, 0.5) is 0 Å². The van der Waals surface area contributed by atoms with Crippen LogP contribution in [0.2, 0.25) is 0 Å². The van der Waals surface area contributed by atoms with Gasteiger partial charge in [-0.2, -0.15) is 0 Å². The Morgan fingerprint density at radius 3 is 2.78 bits per heavy atom. The van der Waals surface area contributed by atoms with E-state index in [-0.39, 0.29) is 17.8 Å². The Morgan fingerprint density at radius 1 is 1.28 bits per heavy atom. The number of carbonyl (C=O) groups is 1. The second kappa shape index (κ2) is 4.73. The lowest BCUT2D eigenvalue weighted by atomic mass is 9.88. The first-order valence-electron chi connectivity index (χ1n) is 6.68. The third-order valence-electron chi connectivity index (χ3n) is 4.11. The van der Waals surface area contributed by atoms with Crippen LogP contribution in [0, 0.1) is 5.92 Å². The van der Waals surface area contributed by atoms with Crippen molar-refractivity contribution >= 4 is 5.97 Å². The largest absolute Gasteiger partial charge is 0.469 e. The number of carbonyl (C=O) groups excluding carboxylic acids is 1. The summed E-state index contributed by atoms with van der Waals surface area (Å²) in [6, 6.07) is 8.75. The number of hydrogen-bond acceptors (Lipinski definition) is 3. The van der Waals surface area contributed by atoms with E-state index >= 15 is 0 Å². The number of rotatable bonds is 3. The van der Waals surface area contributed by atoms with Crippen LogP contribution in [0.15, 0.2) is 24.3 Å². The number of benzene rings is 1. The molecule has 0 amide bonds. The molecule has 3 heteroatoms. The third kappa shape index (κ3) is 2.15. The number of ether oxygens (including phenoxy) is 1. The van der Waals surface area contributed by atoms with Crippen molar-refractivity contribution in [2.24, 2.45) is 5.92 Å². The highest BCUT2D eigenvalue weighted by Gasteiger charge is 2.35. The van der Waals surface area contributed by atoms with Crippen LogP contribution in [-0.4, -0.2) is 26.2 Å². The summed E-state index contributed by atoms with van der Waals surface area (Å²) >= 11 is 0. The summed E-state index contributed by atoms with van der Waals surface area (Å²) in [6.07, 6.45) is 2.62. The fourth-order valence-electron chi connectivity index (χ4n) is 2.89. The molecule has 1 N–H and O–H groups in total. The molecule has 1 aromatic carbocycles. The predicted octanol–water partition coefficient (Wildman–Crippen LogP) is 2.04. The minimum Gasteiger partial charge on any atom is -0.469 e. The Kier molecular flexibility index (Phi) is 3.08. The molecule has 0 aromatic heterocycles. The van der Waals surface area contributed by atoms with Gasteiger partial charge < -0.3 is 10.1 Å². The highest BCUT2D eigenvalue weighted by molar-refractivity contribution is 5.74. The molecule has 2 atom stereocenters. The van der Waals surface area contributed by atoms with Gasteiger partial charge in [0.05, 0.1) is 13.0 Å². The normalized spacial score (nSPS) is 27.2. The molecule has 0 radical (unpaired) electrons. The van der Waals surface area contributed by atoms with E-state index in [1.807, 2.05) is 0 Å². The Labute approximate surface area is 108 Å². The van der Waals surface area contributed by atoms with Crippen LogP contribution >= 0.6 is 0 Å². The first kappa shape index (κ1) is 11.7. The monoisotopic (exact) mass is 245 g/mol. The smallest absolute Gasteiger partial charge is 0.310 e. The summed E-state index contributed by atoms with van der Waals surface area (Å²) in [7, 11) is 1.47. The molecule has 0 spiro atoms. The van der Waals surface area contributed by atoms with E-state index in [4.69, 9.17) is 4.74 Å². The van der Waals surface area contributed by atoms with E-state index in [1.165, 1.54) is 31.1 Å². The molecule has 1 aliphatic heterocycles. The van der Waals surface area contributed by atoms with Gasteiger partial charge in [-0.1, -0.05) is 24.3 Å². The topological polar surface area (TPSA) is 38.3 Å². The van der Waals surface area contributed by atoms with Gasteiger partial charge in [0.15, 0.2) is 0 Å². The summed E-state index contributed by atoms with van der Waals surface area (Å²) in [6.45, 7) is 1.60. The summed E-state index contributed by atoms with van der Waals surface area (Å²) in [5.41, 5.74) is 2.71.